The third-order valence-electron chi connectivity index (χ3n) is 2.24. The molecule has 2 rings (SSSR count). The van der Waals surface area contributed by atoms with E-state index in [1.165, 1.54) is 7.11 Å². The van der Waals surface area contributed by atoms with E-state index >= 15 is 0 Å². The summed E-state index contributed by atoms with van der Waals surface area (Å²) in [4.78, 5) is 19.8. The summed E-state index contributed by atoms with van der Waals surface area (Å²) in [6, 6.07) is 3.40. The summed E-state index contributed by atoms with van der Waals surface area (Å²) in [5.41, 5.74) is 0.681. The summed E-state index contributed by atoms with van der Waals surface area (Å²) in [6.45, 7) is 2.02. The Morgan fingerprint density at radius 2 is 2.32 bits per heavy atom. The number of halogens is 1. The van der Waals surface area contributed by atoms with Gasteiger partial charge in [0.1, 0.15) is 0 Å². The highest BCUT2D eigenvalue weighted by molar-refractivity contribution is 14.1. The molecule has 0 saturated heterocycles. The van der Waals surface area contributed by atoms with Gasteiger partial charge in [0.2, 0.25) is 17.5 Å². The predicted molar refractivity (Wildman–Crippen MR) is 75.0 cm³/mol. The number of hydrogen-bond acceptors (Lipinski definition) is 6. The van der Waals surface area contributed by atoms with E-state index in [0.717, 1.165) is 0 Å². The quantitative estimate of drug-likeness (QED) is 0.605. The van der Waals surface area contributed by atoms with Gasteiger partial charge in [0.25, 0.3) is 0 Å². The van der Waals surface area contributed by atoms with Crippen LogP contribution in [0.15, 0.2) is 22.7 Å². The summed E-state index contributed by atoms with van der Waals surface area (Å²) < 4.78 is 15.8. The maximum absolute atomic E-state index is 11.6. The minimum Gasteiger partial charge on any atom is -0.481 e. The summed E-state index contributed by atoms with van der Waals surface area (Å²) in [5, 5.41) is 0. The van der Waals surface area contributed by atoms with E-state index in [-0.39, 0.29) is 12.4 Å². The molecule has 7 heteroatoms. The van der Waals surface area contributed by atoms with E-state index in [1.807, 2.05) is 22.6 Å². The lowest BCUT2D eigenvalue weighted by atomic mass is 10.3. The molecule has 0 fully saturated rings. The number of oxazole rings is 1. The molecule has 0 atom stereocenters. The SMILES string of the molecule is CCOC(=O)c1oc(-c2ccnc(OC)c2)nc1I. The van der Waals surface area contributed by atoms with Gasteiger partial charge in [0, 0.05) is 17.8 Å². The van der Waals surface area contributed by atoms with Crippen LogP contribution in [-0.4, -0.2) is 29.7 Å². The number of aromatic nitrogens is 2. The minimum absolute atomic E-state index is 0.105. The largest absolute Gasteiger partial charge is 0.481 e. The normalized spacial score (nSPS) is 10.3. The molecule has 0 N–H and O–H groups in total. The van der Waals surface area contributed by atoms with Gasteiger partial charge in [-0.2, -0.15) is 0 Å². The molecule has 19 heavy (non-hydrogen) atoms. The van der Waals surface area contributed by atoms with Gasteiger partial charge < -0.3 is 13.9 Å². The van der Waals surface area contributed by atoms with Crippen molar-refractivity contribution in [2.75, 3.05) is 13.7 Å². The van der Waals surface area contributed by atoms with E-state index in [9.17, 15) is 4.79 Å². The maximum Gasteiger partial charge on any atom is 0.377 e. The number of nitrogens with zero attached hydrogens (tertiary/aromatic N) is 2. The Hall–Kier alpha value is -1.64. The second kappa shape index (κ2) is 6.00. The molecule has 0 spiro atoms. The van der Waals surface area contributed by atoms with Gasteiger partial charge in [-0.15, -0.1) is 0 Å². The van der Waals surface area contributed by atoms with Gasteiger partial charge in [-0.3, -0.25) is 0 Å². The van der Waals surface area contributed by atoms with Crippen LogP contribution in [0.5, 0.6) is 5.88 Å². The molecule has 0 aliphatic carbocycles. The Morgan fingerprint density at radius 3 is 3.00 bits per heavy atom. The molecular weight excluding hydrogens is 363 g/mol. The molecule has 0 bridgehead atoms. The summed E-state index contributed by atoms with van der Waals surface area (Å²) in [5.74, 6) is 0.358. The van der Waals surface area contributed by atoms with Gasteiger partial charge in [-0.1, -0.05) is 0 Å². The van der Waals surface area contributed by atoms with Crippen LogP contribution in [0.2, 0.25) is 0 Å². The van der Waals surface area contributed by atoms with Crippen LogP contribution in [0.4, 0.5) is 0 Å². The number of carbonyl (C=O) groups excluding carboxylic acids is 1. The van der Waals surface area contributed by atoms with Crippen LogP contribution in [-0.2, 0) is 4.74 Å². The Bertz CT molecular complexity index is 597. The predicted octanol–water partition coefficient (Wildman–Crippen LogP) is 2.53. The highest BCUT2D eigenvalue weighted by atomic mass is 127. The highest BCUT2D eigenvalue weighted by Gasteiger charge is 2.20. The van der Waals surface area contributed by atoms with Crippen molar-refractivity contribution < 1.29 is 18.7 Å². The van der Waals surface area contributed by atoms with Crippen molar-refractivity contribution in [3.8, 4) is 17.3 Å². The van der Waals surface area contributed by atoms with Crippen molar-refractivity contribution in [2.24, 2.45) is 0 Å². The third-order valence-corrected chi connectivity index (χ3v) is 2.97. The number of rotatable bonds is 4. The highest BCUT2D eigenvalue weighted by Crippen LogP contribution is 2.25. The Balaban J connectivity index is 2.36. The summed E-state index contributed by atoms with van der Waals surface area (Å²) >= 11 is 1.93. The smallest absolute Gasteiger partial charge is 0.377 e. The van der Waals surface area contributed by atoms with Crippen molar-refractivity contribution in [1.29, 1.82) is 0 Å². The van der Waals surface area contributed by atoms with Crippen LogP contribution in [0.25, 0.3) is 11.5 Å². The summed E-state index contributed by atoms with van der Waals surface area (Å²) in [7, 11) is 1.52. The first-order valence-electron chi connectivity index (χ1n) is 5.49. The Morgan fingerprint density at radius 1 is 1.53 bits per heavy atom. The van der Waals surface area contributed by atoms with Crippen LogP contribution in [0, 0.1) is 3.70 Å². The lowest BCUT2D eigenvalue weighted by Gasteiger charge is -1.99. The fourth-order valence-corrected chi connectivity index (χ4v) is 1.95. The first kappa shape index (κ1) is 13.8. The number of carbonyl (C=O) groups is 1. The number of hydrogen-bond donors (Lipinski definition) is 0. The Kier molecular flexibility index (Phi) is 4.35. The van der Waals surface area contributed by atoms with Gasteiger partial charge in [0.15, 0.2) is 3.70 Å². The van der Waals surface area contributed by atoms with Crippen molar-refractivity contribution in [1.82, 2.24) is 9.97 Å². The standard InChI is InChI=1S/C12H11IN2O4/c1-3-18-12(16)9-10(13)15-11(19-9)7-4-5-14-8(6-7)17-2/h4-6H,3H2,1-2H3. The van der Waals surface area contributed by atoms with Crippen molar-refractivity contribution in [2.45, 2.75) is 6.92 Å². The molecule has 0 saturated carbocycles. The van der Waals surface area contributed by atoms with Crippen LogP contribution in [0.3, 0.4) is 0 Å². The fourth-order valence-electron chi connectivity index (χ4n) is 1.40. The zero-order valence-electron chi connectivity index (χ0n) is 10.3. The first-order valence-corrected chi connectivity index (χ1v) is 6.57. The number of esters is 1. The third kappa shape index (κ3) is 3.03. The van der Waals surface area contributed by atoms with E-state index in [2.05, 4.69) is 9.97 Å². The average molecular weight is 374 g/mol. The van der Waals surface area contributed by atoms with E-state index in [0.29, 0.717) is 21.0 Å². The van der Waals surface area contributed by atoms with Gasteiger partial charge in [-0.05, 0) is 35.6 Å². The molecule has 0 aromatic carbocycles. The van der Waals surface area contributed by atoms with Gasteiger partial charge in [-0.25, -0.2) is 14.8 Å². The fraction of sp³-hybridized carbons (Fsp3) is 0.250. The molecular formula is C12H11IN2O4. The van der Waals surface area contributed by atoms with Crippen LogP contribution in [0.1, 0.15) is 17.5 Å². The molecule has 6 nitrogen and oxygen atoms in total. The molecule has 0 unspecified atom stereocenters. The van der Waals surface area contributed by atoms with E-state index in [4.69, 9.17) is 13.9 Å². The van der Waals surface area contributed by atoms with Crippen molar-refractivity contribution in [3.63, 3.8) is 0 Å². The zero-order valence-corrected chi connectivity index (χ0v) is 12.5. The topological polar surface area (TPSA) is 74.5 Å². The zero-order chi connectivity index (χ0) is 13.8. The van der Waals surface area contributed by atoms with E-state index < -0.39 is 5.97 Å². The monoisotopic (exact) mass is 374 g/mol. The van der Waals surface area contributed by atoms with E-state index in [1.54, 1.807) is 25.3 Å². The number of methoxy groups -OCH3 is 1. The van der Waals surface area contributed by atoms with Gasteiger partial charge in [0.05, 0.1) is 13.7 Å². The second-order valence-electron chi connectivity index (χ2n) is 3.45. The van der Waals surface area contributed by atoms with Crippen LogP contribution < -0.4 is 4.74 Å². The number of ether oxygens (including phenoxy) is 2. The molecule has 0 aliphatic rings. The molecule has 0 radical (unpaired) electrons. The molecule has 0 aliphatic heterocycles. The molecule has 2 aromatic rings. The van der Waals surface area contributed by atoms with Crippen LogP contribution >= 0.6 is 22.6 Å². The maximum atomic E-state index is 11.6. The molecule has 2 heterocycles. The first-order chi connectivity index (χ1) is 9.15. The molecule has 2 aromatic heterocycles. The average Bonchev–Trinajstić information content (AvgIpc) is 2.81. The second-order valence-corrected chi connectivity index (χ2v) is 4.47. The lowest BCUT2D eigenvalue weighted by Crippen LogP contribution is -2.04. The molecule has 0 amide bonds. The minimum atomic E-state index is -0.522. The Labute approximate surface area is 123 Å². The molecule has 100 valence electrons. The van der Waals surface area contributed by atoms with Crippen molar-refractivity contribution in [3.05, 3.63) is 27.8 Å². The number of pyridine rings is 1. The van der Waals surface area contributed by atoms with Gasteiger partial charge >= 0.3 is 5.97 Å². The summed E-state index contributed by atoms with van der Waals surface area (Å²) in [6.07, 6.45) is 1.58. The van der Waals surface area contributed by atoms with Crippen molar-refractivity contribution >= 4 is 28.6 Å². The lowest BCUT2D eigenvalue weighted by molar-refractivity contribution is 0.0489.